The average molecular weight is 262 g/mol. The van der Waals surface area contributed by atoms with E-state index in [2.05, 4.69) is 36.2 Å². The van der Waals surface area contributed by atoms with E-state index in [1.807, 2.05) is 18.2 Å². The third-order valence-electron chi connectivity index (χ3n) is 4.08. The van der Waals surface area contributed by atoms with Crippen molar-refractivity contribution in [3.63, 3.8) is 0 Å². The lowest BCUT2D eigenvalue weighted by atomic mass is 10.0. The highest BCUT2D eigenvalue weighted by Crippen LogP contribution is 2.18. The molecule has 0 aliphatic carbocycles. The molecule has 1 saturated heterocycles. The van der Waals surface area contributed by atoms with Crippen molar-refractivity contribution in [3.8, 4) is 0 Å². The molecule has 0 saturated carbocycles. The Kier molecular flexibility index (Phi) is 5.37. The van der Waals surface area contributed by atoms with Crippen molar-refractivity contribution >= 4 is 0 Å². The summed E-state index contributed by atoms with van der Waals surface area (Å²) in [7, 11) is 0. The Morgan fingerprint density at radius 1 is 1.21 bits per heavy atom. The van der Waals surface area contributed by atoms with Gasteiger partial charge in [0.15, 0.2) is 0 Å². The van der Waals surface area contributed by atoms with Crippen LogP contribution in [0, 0.1) is 0 Å². The molecular weight excluding hydrogens is 236 g/mol. The third kappa shape index (κ3) is 4.03. The Morgan fingerprint density at radius 3 is 2.37 bits per heavy atom. The lowest BCUT2D eigenvalue weighted by Crippen LogP contribution is -2.46. The molecule has 0 aromatic heterocycles. The van der Waals surface area contributed by atoms with Crippen LogP contribution in [0.3, 0.4) is 0 Å². The predicted octanol–water partition coefficient (Wildman–Crippen LogP) is 2.18. The molecule has 0 unspecified atom stereocenters. The number of hydrogen-bond acceptors (Lipinski definition) is 3. The molecule has 1 atom stereocenters. The van der Waals surface area contributed by atoms with E-state index in [0.717, 1.165) is 13.1 Å². The quantitative estimate of drug-likeness (QED) is 0.854. The zero-order chi connectivity index (χ0) is 13.7. The number of benzene rings is 1. The standard InChI is InChI=1S/C16H26N2O/c1-13(2)18-10-8-15(9-11-18)17-16(12-19)14-6-4-3-5-7-14/h3-7,13,15-17,19H,8-12H2,1-2H3/t16-/m0/s1. The number of nitrogens with zero attached hydrogens (tertiary/aromatic N) is 1. The number of nitrogens with one attached hydrogen (secondary N) is 1. The van der Waals surface area contributed by atoms with Gasteiger partial charge in [0.2, 0.25) is 0 Å². The van der Waals surface area contributed by atoms with Crippen LogP contribution in [0.25, 0.3) is 0 Å². The lowest BCUT2D eigenvalue weighted by Gasteiger charge is -2.36. The molecule has 19 heavy (non-hydrogen) atoms. The van der Waals surface area contributed by atoms with Gasteiger partial charge in [0, 0.05) is 12.1 Å². The molecule has 3 heteroatoms. The average Bonchev–Trinajstić information content (AvgIpc) is 2.46. The molecule has 0 radical (unpaired) electrons. The van der Waals surface area contributed by atoms with Gasteiger partial charge in [0.1, 0.15) is 0 Å². The second kappa shape index (κ2) is 7.04. The van der Waals surface area contributed by atoms with Gasteiger partial charge in [-0.1, -0.05) is 30.3 Å². The first-order valence-electron chi connectivity index (χ1n) is 7.36. The van der Waals surface area contributed by atoms with Crippen LogP contribution in [0.4, 0.5) is 0 Å². The molecule has 1 aliphatic heterocycles. The number of rotatable bonds is 5. The smallest absolute Gasteiger partial charge is 0.0626 e. The number of aliphatic hydroxyl groups excluding tert-OH is 1. The van der Waals surface area contributed by atoms with Crippen LogP contribution in [0.1, 0.15) is 38.3 Å². The highest BCUT2D eigenvalue weighted by molar-refractivity contribution is 5.19. The molecule has 0 spiro atoms. The summed E-state index contributed by atoms with van der Waals surface area (Å²) in [5.74, 6) is 0. The van der Waals surface area contributed by atoms with E-state index < -0.39 is 0 Å². The highest BCUT2D eigenvalue weighted by Gasteiger charge is 2.23. The van der Waals surface area contributed by atoms with Crippen molar-refractivity contribution in [3.05, 3.63) is 35.9 Å². The summed E-state index contributed by atoms with van der Waals surface area (Å²) in [6.45, 7) is 6.99. The van der Waals surface area contributed by atoms with E-state index in [-0.39, 0.29) is 12.6 Å². The second-order valence-corrected chi connectivity index (χ2v) is 5.72. The summed E-state index contributed by atoms with van der Waals surface area (Å²) < 4.78 is 0. The Morgan fingerprint density at radius 2 is 1.84 bits per heavy atom. The number of likely N-dealkylation sites (tertiary alicyclic amines) is 1. The molecule has 1 heterocycles. The van der Waals surface area contributed by atoms with Crippen LogP contribution >= 0.6 is 0 Å². The molecule has 2 rings (SSSR count). The highest BCUT2D eigenvalue weighted by atomic mass is 16.3. The molecule has 1 aromatic rings. The van der Waals surface area contributed by atoms with E-state index in [4.69, 9.17) is 0 Å². The van der Waals surface area contributed by atoms with Crippen LogP contribution in [-0.2, 0) is 0 Å². The molecule has 0 bridgehead atoms. The molecule has 1 fully saturated rings. The predicted molar refractivity (Wildman–Crippen MR) is 79.1 cm³/mol. The van der Waals surface area contributed by atoms with Crippen molar-refractivity contribution in [1.82, 2.24) is 10.2 Å². The van der Waals surface area contributed by atoms with E-state index in [1.165, 1.54) is 18.4 Å². The molecule has 106 valence electrons. The normalized spacial score (nSPS) is 19.8. The first-order valence-corrected chi connectivity index (χ1v) is 7.36. The number of aliphatic hydroxyl groups is 1. The fraction of sp³-hybridized carbons (Fsp3) is 0.625. The zero-order valence-electron chi connectivity index (χ0n) is 12.0. The van der Waals surface area contributed by atoms with Crippen molar-refractivity contribution in [1.29, 1.82) is 0 Å². The van der Waals surface area contributed by atoms with Gasteiger partial charge in [-0.2, -0.15) is 0 Å². The monoisotopic (exact) mass is 262 g/mol. The maximum Gasteiger partial charge on any atom is 0.0626 e. The van der Waals surface area contributed by atoms with Gasteiger partial charge in [0.25, 0.3) is 0 Å². The first kappa shape index (κ1) is 14.5. The molecule has 3 nitrogen and oxygen atoms in total. The van der Waals surface area contributed by atoms with Gasteiger partial charge < -0.3 is 15.3 Å². The van der Waals surface area contributed by atoms with Gasteiger partial charge in [-0.3, -0.25) is 0 Å². The van der Waals surface area contributed by atoms with E-state index in [9.17, 15) is 5.11 Å². The Labute approximate surface area is 116 Å². The Hall–Kier alpha value is -0.900. The summed E-state index contributed by atoms with van der Waals surface area (Å²) in [4.78, 5) is 2.52. The largest absolute Gasteiger partial charge is 0.394 e. The topological polar surface area (TPSA) is 35.5 Å². The van der Waals surface area contributed by atoms with Crippen molar-refractivity contribution < 1.29 is 5.11 Å². The summed E-state index contributed by atoms with van der Waals surface area (Å²) in [6.07, 6.45) is 2.34. The maximum absolute atomic E-state index is 9.58. The Bertz CT molecular complexity index is 358. The van der Waals surface area contributed by atoms with Gasteiger partial charge in [-0.05, 0) is 45.3 Å². The van der Waals surface area contributed by atoms with Crippen molar-refractivity contribution in [2.45, 2.75) is 44.8 Å². The van der Waals surface area contributed by atoms with Gasteiger partial charge in [-0.25, -0.2) is 0 Å². The summed E-state index contributed by atoms with van der Waals surface area (Å²) in [5, 5.41) is 13.2. The Balaban J connectivity index is 1.87. The molecule has 0 amide bonds. The fourth-order valence-corrected chi connectivity index (χ4v) is 2.81. The lowest BCUT2D eigenvalue weighted by molar-refractivity contribution is 0.146. The van der Waals surface area contributed by atoms with E-state index >= 15 is 0 Å². The van der Waals surface area contributed by atoms with Crippen molar-refractivity contribution in [2.24, 2.45) is 0 Å². The SMILES string of the molecule is CC(C)N1CCC(N[C@@H](CO)c2ccccc2)CC1. The van der Waals surface area contributed by atoms with Gasteiger partial charge >= 0.3 is 0 Å². The number of hydrogen-bond donors (Lipinski definition) is 2. The summed E-state index contributed by atoms with van der Waals surface area (Å²) in [6, 6.07) is 11.5. The third-order valence-corrected chi connectivity index (χ3v) is 4.08. The van der Waals surface area contributed by atoms with Crippen LogP contribution < -0.4 is 5.32 Å². The first-order chi connectivity index (χ1) is 9.20. The van der Waals surface area contributed by atoms with E-state index in [0.29, 0.717) is 12.1 Å². The molecule has 2 N–H and O–H groups in total. The van der Waals surface area contributed by atoms with Crippen LogP contribution in [0.15, 0.2) is 30.3 Å². The molecule has 1 aliphatic rings. The van der Waals surface area contributed by atoms with Crippen LogP contribution in [-0.4, -0.2) is 41.8 Å². The van der Waals surface area contributed by atoms with Crippen LogP contribution in [0.5, 0.6) is 0 Å². The maximum atomic E-state index is 9.58. The van der Waals surface area contributed by atoms with Crippen molar-refractivity contribution in [2.75, 3.05) is 19.7 Å². The number of piperidine rings is 1. The van der Waals surface area contributed by atoms with Crippen LogP contribution in [0.2, 0.25) is 0 Å². The minimum Gasteiger partial charge on any atom is -0.394 e. The zero-order valence-corrected chi connectivity index (χ0v) is 12.0. The second-order valence-electron chi connectivity index (χ2n) is 5.72. The molecular formula is C16H26N2O. The summed E-state index contributed by atoms with van der Waals surface area (Å²) in [5.41, 5.74) is 1.18. The van der Waals surface area contributed by atoms with Gasteiger partial charge in [-0.15, -0.1) is 0 Å². The molecule has 1 aromatic carbocycles. The summed E-state index contributed by atoms with van der Waals surface area (Å²) >= 11 is 0. The fourth-order valence-electron chi connectivity index (χ4n) is 2.81. The van der Waals surface area contributed by atoms with Gasteiger partial charge in [0.05, 0.1) is 12.6 Å². The minimum absolute atomic E-state index is 0.0665. The van der Waals surface area contributed by atoms with E-state index in [1.54, 1.807) is 0 Å². The minimum atomic E-state index is 0.0665.